The molecule has 0 radical (unpaired) electrons. The predicted octanol–water partition coefficient (Wildman–Crippen LogP) is 3.63. The van der Waals surface area contributed by atoms with E-state index in [0.29, 0.717) is 21.4 Å². The Morgan fingerprint density at radius 2 is 1.83 bits per heavy atom. The molecule has 18 heavy (non-hydrogen) atoms. The van der Waals surface area contributed by atoms with Crippen LogP contribution in [0, 0.1) is 11.3 Å². The number of hydrogen-bond donors (Lipinski definition) is 1. The van der Waals surface area contributed by atoms with E-state index in [1.165, 1.54) is 12.3 Å². The van der Waals surface area contributed by atoms with Crippen LogP contribution in [0.25, 0.3) is 0 Å². The number of benzene rings is 1. The first-order chi connectivity index (χ1) is 8.58. The van der Waals surface area contributed by atoms with E-state index in [2.05, 4.69) is 4.98 Å². The van der Waals surface area contributed by atoms with Gasteiger partial charge in [0.25, 0.3) is 0 Å². The lowest BCUT2D eigenvalue weighted by Crippen LogP contribution is -1.96. The summed E-state index contributed by atoms with van der Waals surface area (Å²) < 4.78 is 5.46. The molecule has 1 heterocycles. The van der Waals surface area contributed by atoms with Crippen LogP contribution in [0.3, 0.4) is 0 Å². The van der Waals surface area contributed by atoms with Gasteiger partial charge in [-0.3, -0.25) is 0 Å². The first-order valence-corrected chi connectivity index (χ1v) is 5.63. The molecule has 0 atom stereocenters. The number of nitriles is 1. The van der Waals surface area contributed by atoms with E-state index in [0.717, 1.165) is 0 Å². The lowest BCUT2D eigenvalue weighted by Gasteiger charge is -2.08. The zero-order chi connectivity index (χ0) is 13.1. The summed E-state index contributed by atoms with van der Waals surface area (Å²) in [5, 5.41) is 9.59. The lowest BCUT2D eigenvalue weighted by atomic mass is 10.3. The molecule has 1 aromatic carbocycles. The molecule has 2 rings (SSSR count). The molecular weight excluding hydrogens is 273 g/mol. The van der Waals surface area contributed by atoms with E-state index < -0.39 is 0 Å². The van der Waals surface area contributed by atoms with Crippen molar-refractivity contribution in [3.05, 3.63) is 46.1 Å². The van der Waals surface area contributed by atoms with Crippen LogP contribution in [-0.4, -0.2) is 4.98 Å². The average Bonchev–Trinajstić information content (AvgIpc) is 2.30. The zero-order valence-corrected chi connectivity index (χ0v) is 10.5. The largest absolute Gasteiger partial charge is 0.437 e. The van der Waals surface area contributed by atoms with Gasteiger partial charge in [0, 0.05) is 16.2 Å². The molecule has 0 spiro atoms. The number of pyridine rings is 1. The number of anilines is 1. The van der Waals surface area contributed by atoms with Crippen LogP contribution in [0.2, 0.25) is 10.0 Å². The van der Waals surface area contributed by atoms with Crippen molar-refractivity contribution in [2.45, 2.75) is 0 Å². The highest BCUT2D eigenvalue weighted by Gasteiger charge is 2.06. The van der Waals surface area contributed by atoms with Crippen molar-refractivity contribution in [3.63, 3.8) is 0 Å². The van der Waals surface area contributed by atoms with Gasteiger partial charge in [-0.05, 0) is 24.3 Å². The number of nitrogens with two attached hydrogens (primary N) is 1. The van der Waals surface area contributed by atoms with E-state index in [4.69, 9.17) is 38.9 Å². The molecule has 0 aliphatic rings. The van der Waals surface area contributed by atoms with Gasteiger partial charge in [0.15, 0.2) is 0 Å². The Kier molecular flexibility index (Phi) is 3.56. The summed E-state index contributed by atoms with van der Waals surface area (Å²) in [4.78, 5) is 3.95. The summed E-state index contributed by atoms with van der Waals surface area (Å²) in [5.74, 6) is 0.628. The molecule has 0 aliphatic heterocycles. The third-order valence-corrected chi connectivity index (χ3v) is 2.49. The molecule has 6 heteroatoms. The molecule has 0 saturated carbocycles. The van der Waals surface area contributed by atoms with E-state index in [1.54, 1.807) is 18.2 Å². The normalized spacial score (nSPS) is 9.83. The van der Waals surface area contributed by atoms with Crippen molar-refractivity contribution in [2.75, 3.05) is 5.73 Å². The van der Waals surface area contributed by atoms with E-state index in [9.17, 15) is 0 Å². The van der Waals surface area contributed by atoms with E-state index >= 15 is 0 Å². The number of halogens is 2. The van der Waals surface area contributed by atoms with Crippen molar-refractivity contribution in [2.24, 2.45) is 0 Å². The Balaban J connectivity index is 2.31. The third kappa shape index (κ3) is 2.83. The second kappa shape index (κ2) is 5.13. The van der Waals surface area contributed by atoms with Crippen LogP contribution in [-0.2, 0) is 0 Å². The topological polar surface area (TPSA) is 71.9 Å². The Hall–Kier alpha value is -1.96. The fraction of sp³-hybridized carbons (Fsp3) is 0. The van der Waals surface area contributed by atoms with Gasteiger partial charge in [0.1, 0.15) is 11.8 Å². The monoisotopic (exact) mass is 279 g/mol. The molecule has 0 fully saturated rings. The van der Waals surface area contributed by atoms with E-state index in [1.807, 2.05) is 6.07 Å². The minimum Gasteiger partial charge on any atom is -0.437 e. The minimum atomic E-state index is 0.201. The highest BCUT2D eigenvalue weighted by molar-refractivity contribution is 6.34. The number of nitrogen functional groups attached to an aromatic ring is 1. The molecule has 0 bridgehead atoms. The Bertz CT molecular complexity index is 617. The smallest absolute Gasteiger partial charge is 0.242 e. The van der Waals surface area contributed by atoms with Crippen molar-refractivity contribution >= 4 is 28.9 Å². The summed E-state index contributed by atoms with van der Waals surface area (Å²) in [6.07, 6.45) is 1.37. The first-order valence-electron chi connectivity index (χ1n) is 4.88. The summed E-state index contributed by atoms with van der Waals surface area (Å²) in [5.41, 5.74) is 6.35. The summed E-state index contributed by atoms with van der Waals surface area (Å²) >= 11 is 11.7. The van der Waals surface area contributed by atoms with Crippen molar-refractivity contribution < 1.29 is 4.74 Å². The second-order valence-electron chi connectivity index (χ2n) is 3.44. The third-order valence-electron chi connectivity index (χ3n) is 2.06. The Morgan fingerprint density at radius 1 is 1.17 bits per heavy atom. The number of aromatic nitrogens is 1. The molecule has 0 amide bonds. The fourth-order valence-corrected chi connectivity index (χ4v) is 1.82. The Labute approximate surface area is 114 Å². The molecule has 2 N–H and O–H groups in total. The maximum absolute atomic E-state index is 8.69. The minimum absolute atomic E-state index is 0.201. The number of ether oxygens (including phenoxy) is 1. The number of rotatable bonds is 2. The molecule has 1 aromatic heterocycles. The molecule has 90 valence electrons. The lowest BCUT2D eigenvalue weighted by molar-refractivity contribution is 0.465. The van der Waals surface area contributed by atoms with Crippen molar-refractivity contribution in [3.8, 4) is 17.7 Å². The second-order valence-corrected chi connectivity index (χ2v) is 4.31. The highest BCUT2D eigenvalue weighted by Crippen LogP contribution is 2.30. The van der Waals surface area contributed by atoms with Gasteiger partial charge in [-0.1, -0.05) is 23.2 Å². The summed E-state index contributed by atoms with van der Waals surface area (Å²) in [7, 11) is 0. The van der Waals surface area contributed by atoms with Crippen LogP contribution in [0.1, 0.15) is 5.56 Å². The van der Waals surface area contributed by atoms with Crippen LogP contribution in [0.4, 0.5) is 5.69 Å². The van der Waals surface area contributed by atoms with Crippen LogP contribution < -0.4 is 10.5 Å². The quantitative estimate of drug-likeness (QED) is 0.911. The SMILES string of the molecule is N#Cc1cnc(Oc2cc(Cl)cc(Cl)c2)c(N)c1. The molecule has 0 aliphatic carbocycles. The first kappa shape index (κ1) is 12.5. The van der Waals surface area contributed by atoms with Gasteiger partial charge in [0.2, 0.25) is 5.88 Å². The van der Waals surface area contributed by atoms with Gasteiger partial charge in [0.05, 0.1) is 11.3 Å². The van der Waals surface area contributed by atoms with Gasteiger partial charge in [-0.2, -0.15) is 5.26 Å². The van der Waals surface area contributed by atoms with Gasteiger partial charge < -0.3 is 10.5 Å². The van der Waals surface area contributed by atoms with Crippen LogP contribution >= 0.6 is 23.2 Å². The molecular formula is C12H7Cl2N3O. The standard InChI is InChI=1S/C12H7Cl2N3O/c13-8-2-9(14)4-10(3-8)18-12-11(16)1-7(5-15)6-17-12/h1-4,6H,16H2. The fourth-order valence-electron chi connectivity index (χ4n) is 1.31. The average molecular weight is 280 g/mol. The Morgan fingerprint density at radius 3 is 2.39 bits per heavy atom. The maximum atomic E-state index is 8.69. The molecule has 2 aromatic rings. The van der Waals surface area contributed by atoms with Crippen molar-refractivity contribution in [1.82, 2.24) is 4.98 Å². The molecule has 4 nitrogen and oxygen atoms in total. The zero-order valence-electron chi connectivity index (χ0n) is 9.02. The van der Waals surface area contributed by atoms with Gasteiger partial charge in [-0.15, -0.1) is 0 Å². The predicted molar refractivity (Wildman–Crippen MR) is 69.9 cm³/mol. The van der Waals surface area contributed by atoms with Gasteiger partial charge >= 0.3 is 0 Å². The molecule has 0 saturated heterocycles. The summed E-state index contributed by atoms with van der Waals surface area (Å²) in [6, 6.07) is 8.19. The van der Waals surface area contributed by atoms with Gasteiger partial charge in [-0.25, -0.2) is 4.98 Å². The van der Waals surface area contributed by atoms with Crippen molar-refractivity contribution in [1.29, 1.82) is 5.26 Å². The number of nitrogens with zero attached hydrogens (tertiary/aromatic N) is 2. The van der Waals surface area contributed by atoms with Crippen LogP contribution in [0.5, 0.6) is 11.6 Å². The number of hydrogen-bond acceptors (Lipinski definition) is 4. The molecule has 0 unspecified atom stereocenters. The summed E-state index contributed by atoms with van der Waals surface area (Å²) in [6.45, 7) is 0. The maximum Gasteiger partial charge on any atom is 0.242 e. The van der Waals surface area contributed by atoms with E-state index in [-0.39, 0.29) is 11.6 Å². The van der Waals surface area contributed by atoms with Crippen LogP contribution in [0.15, 0.2) is 30.5 Å². The highest BCUT2D eigenvalue weighted by atomic mass is 35.5.